The third-order valence-electron chi connectivity index (χ3n) is 6.51. The third kappa shape index (κ3) is 5.51. The summed E-state index contributed by atoms with van der Waals surface area (Å²) in [5.74, 6) is 1.23. The van der Waals surface area contributed by atoms with Gasteiger partial charge in [-0.2, -0.15) is 0 Å². The molecule has 2 aliphatic heterocycles. The van der Waals surface area contributed by atoms with Crippen LogP contribution < -0.4 is 10.1 Å². The van der Waals surface area contributed by atoms with Crippen molar-refractivity contribution in [2.75, 3.05) is 47.0 Å². The van der Waals surface area contributed by atoms with E-state index in [2.05, 4.69) is 36.2 Å². The molecule has 1 aromatic carbocycles. The maximum Gasteiger partial charge on any atom is 0.325 e. The number of likely N-dealkylation sites (tertiary alicyclic amines) is 1. The quantitative estimate of drug-likeness (QED) is 0.444. The molecule has 32 heavy (non-hydrogen) atoms. The Bertz CT molecular complexity index is 817. The van der Waals surface area contributed by atoms with Crippen LogP contribution in [0, 0.1) is 11.8 Å². The Kier molecular flexibility index (Phi) is 8.32. The summed E-state index contributed by atoms with van der Waals surface area (Å²) >= 11 is 0. The minimum absolute atomic E-state index is 0.0722. The molecule has 7 nitrogen and oxygen atoms in total. The van der Waals surface area contributed by atoms with Crippen LogP contribution >= 0.6 is 0 Å². The number of rotatable bonds is 10. The zero-order valence-electron chi connectivity index (χ0n) is 19.8. The number of hydrogen-bond acceptors (Lipinski definition) is 5. The van der Waals surface area contributed by atoms with Crippen LogP contribution in [0.3, 0.4) is 0 Å². The number of carbonyl (C=O) groups is 2. The van der Waals surface area contributed by atoms with Gasteiger partial charge in [-0.25, -0.2) is 4.79 Å². The molecular weight excluding hydrogens is 406 g/mol. The van der Waals surface area contributed by atoms with Gasteiger partial charge in [0.2, 0.25) is 0 Å². The number of nitrogens with one attached hydrogen (secondary N) is 1. The topological polar surface area (TPSA) is 71.1 Å². The van der Waals surface area contributed by atoms with Crippen LogP contribution in [-0.4, -0.2) is 74.3 Å². The standard InChI is InChI=1S/C25H37N3O4/c1-19(2)7-6-12-27-13-10-21(11-14-27)25(18-20-8-5-9-22(17-20)32-4)23(29)28(15-16-31-3)24(30)26-25/h5-9,17,19,21H,10-16,18H2,1-4H3,(H,26,30)/b7-6+. The highest BCUT2D eigenvalue weighted by Gasteiger charge is 2.55. The fourth-order valence-corrected chi connectivity index (χ4v) is 4.77. The molecule has 3 rings (SSSR count). The molecule has 0 aliphatic carbocycles. The van der Waals surface area contributed by atoms with Gasteiger partial charge in [0.1, 0.15) is 11.3 Å². The van der Waals surface area contributed by atoms with E-state index in [1.165, 1.54) is 4.90 Å². The van der Waals surface area contributed by atoms with Gasteiger partial charge in [0.15, 0.2) is 0 Å². The van der Waals surface area contributed by atoms with E-state index in [4.69, 9.17) is 9.47 Å². The van der Waals surface area contributed by atoms with Crippen molar-refractivity contribution in [2.45, 2.75) is 38.6 Å². The average molecular weight is 444 g/mol. The Morgan fingerprint density at radius 1 is 1.22 bits per heavy atom. The maximum atomic E-state index is 13.7. The number of carbonyl (C=O) groups excluding carboxylic acids is 2. The normalized spacial score (nSPS) is 22.8. The van der Waals surface area contributed by atoms with Crippen LogP contribution in [0.25, 0.3) is 0 Å². The van der Waals surface area contributed by atoms with E-state index in [1.54, 1.807) is 14.2 Å². The lowest BCUT2D eigenvalue weighted by molar-refractivity contribution is -0.134. The first-order valence-electron chi connectivity index (χ1n) is 11.5. The number of nitrogens with zero attached hydrogens (tertiary/aromatic N) is 2. The van der Waals surface area contributed by atoms with Gasteiger partial charge in [-0.15, -0.1) is 0 Å². The summed E-state index contributed by atoms with van der Waals surface area (Å²) in [5.41, 5.74) is 0.0470. The molecule has 2 heterocycles. The van der Waals surface area contributed by atoms with Gasteiger partial charge in [0.05, 0.1) is 20.3 Å². The van der Waals surface area contributed by atoms with Crippen molar-refractivity contribution in [1.82, 2.24) is 15.1 Å². The molecule has 0 aromatic heterocycles. The number of urea groups is 1. The van der Waals surface area contributed by atoms with Crippen molar-refractivity contribution >= 4 is 11.9 Å². The molecule has 0 saturated carbocycles. The van der Waals surface area contributed by atoms with Gasteiger partial charge in [0, 0.05) is 20.1 Å². The Morgan fingerprint density at radius 3 is 2.62 bits per heavy atom. The van der Waals surface area contributed by atoms with Crippen LogP contribution in [-0.2, 0) is 16.0 Å². The summed E-state index contributed by atoms with van der Waals surface area (Å²) in [6.45, 7) is 7.69. The summed E-state index contributed by atoms with van der Waals surface area (Å²) in [4.78, 5) is 30.2. The van der Waals surface area contributed by atoms with Crippen molar-refractivity contribution in [1.29, 1.82) is 0 Å². The van der Waals surface area contributed by atoms with Crippen LogP contribution in [0.5, 0.6) is 5.75 Å². The molecule has 2 aliphatic rings. The highest BCUT2D eigenvalue weighted by atomic mass is 16.5. The molecule has 1 unspecified atom stereocenters. The van der Waals surface area contributed by atoms with Crippen molar-refractivity contribution in [3.63, 3.8) is 0 Å². The van der Waals surface area contributed by atoms with Crippen LogP contribution in [0.2, 0.25) is 0 Å². The molecule has 0 bridgehead atoms. The average Bonchev–Trinajstić information content (AvgIpc) is 3.02. The number of allylic oxidation sites excluding steroid dienone is 1. The zero-order chi connectivity index (χ0) is 23.1. The Balaban J connectivity index is 1.80. The lowest BCUT2D eigenvalue weighted by Gasteiger charge is -2.41. The molecule has 0 radical (unpaired) electrons. The number of methoxy groups -OCH3 is 2. The molecular formula is C25H37N3O4. The number of piperidine rings is 1. The third-order valence-corrected chi connectivity index (χ3v) is 6.51. The first-order valence-corrected chi connectivity index (χ1v) is 11.5. The summed E-state index contributed by atoms with van der Waals surface area (Å²) in [6.07, 6.45) is 6.64. The summed E-state index contributed by atoms with van der Waals surface area (Å²) in [6, 6.07) is 7.43. The minimum atomic E-state index is -0.933. The van der Waals surface area contributed by atoms with Gasteiger partial charge >= 0.3 is 6.03 Å². The molecule has 176 valence electrons. The van der Waals surface area contributed by atoms with Crippen molar-refractivity contribution < 1.29 is 19.1 Å². The number of hydrogen-bond donors (Lipinski definition) is 1. The molecule has 2 fully saturated rings. The fourth-order valence-electron chi connectivity index (χ4n) is 4.77. The summed E-state index contributed by atoms with van der Waals surface area (Å²) in [5, 5.41) is 3.11. The summed E-state index contributed by atoms with van der Waals surface area (Å²) < 4.78 is 10.5. The maximum absolute atomic E-state index is 13.7. The minimum Gasteiger partial charge on any atom is -0.497 e. The zero-order valence-corrected chi connectivity index (χ0v) is 19.8. The molecule has 2 saturated heterocycles. The monoisotopic (exact) mass is 443 g/mol. The van der Waals surface area contributed by atoms with Crippen molar-refractivity contribution in [3.8, 4) is 5.75 Å². The Morgan fingerprint density at radius 2 is 1.97 bits per heavy atom. The summed E-state index contributed by atoms with van der Waals surface area (Å²) in [7, 11) is 3.21. The molecule has 3 amide bonds. The second kappa shape index (κ2) is 11.0. The van der Waals surface area contributed by atoms with Crippen LogP contribution in [0.15, 0.2) is 36.4 Å². The Hall–Kier alpha value is -2.38. The van der Waals surface area contributed by atoms with Gasteiger partial charge in [-0.1, -0.05) is 38.1 Å². The predicted molar refractivity (Wildman–Crippen MR) is 125 cm³/mol. The van der Waals surface area contributed by atoms with E-state index in [0.717, 1.165) is 43.8 Å². The van der Waals surface area contributed by atoms with Crippen molar-refractivity contribution in [3.05, 3.63) is 42.0 Å². The lowest BCUT2D eigenvalue weighted by Crippen LogP contribution is -2.57. The smallest absolute Gasteiger partial charge is 0.325 e. The van der Waals surface area contributed by atoms with Gasteiger partial charge in [0.25, 0.3) is 5.91 Å². The fraction of sp³-hybridized carbons (Fsp3) is 0.600. The first kappa shape index (κ1) is 24.3. The second-order valence-corrected chi connectivity index (χ2v) is 9.13. The largest absolute Gasteiger partial charge is 0.497 e. The van der Waals surface area contributed by atoms with E-state index in [0.29, 0.717) is 18.9 Å². The number of imide groups is 1. The van der Waals surface area contributed by atoms with E-state index < -0.39 is 5.54 Å². The predicted octanol–water partition coefficient (Wildman–Crippen LogP) is 3.10. The molecule has 1 atom stereocenters. The van der Waals surface area contributed by atoms with Gasteiger partial charge in [-0.05, 0) is 55.5 Å². The van der Waals surface area contributed by atoms with E-state index in [-0.39, 0.29) is 24.4 Å². The van der Waals surface area contributed by atoms with Crippen LogP contribution in [0.1, 0.15) is 32.3 Å². The molecule has 1 aromatic rings. The number of amides is 3. The second-order valence-electron chi connectivity index (χ2n) is 9.13. The Labute approximate surface area is 191 Å². The number of ether oxygens (including phenoxy) is 2. The van der Waals surface area contributed by atoms with E-state index in [1.807, 2.05) is 24.3 Å². The molecule has 0 spiro atoms. The van der Waals surface area contributed by atoms with Crippen molar-refractivity contribution in [2.24, 2.45) is 11.8 Å². The SMILES string of the molecule is COCCN1C(=O)NC(Cc2cccc(OC)c2)(C2CCN(C/C=C/C(C)C)CC2)C1=O. The first-order chi connectivity index (χ1) is 15.4. The van der Waals surface area contributed by atoms with Gasteiger partial charge in [-0.3, -0.25) is 14.6 Å². The lowest BCUT2D eigenvalue weighted by atomic mass is 9.74. The molecule has 7 heteroatoms. The van der Waals surface area contributed by atoms with Gasteiger partial charge < -0.3 is 14.8 Å². The van der Waals surface area contributed by atoms with Crippen LogP contribution in [0.4, 0.5) is 4.79 Å². The van der Waals surface area contributed by atoms with E-state index >= 15 is 0 Å². The highest BCUT2D eigenvalue weighted by molar-refractivity contribution is 6.07. The number of benzene rings is 1. The highest BCUT2D eigenvalue weighted by Crippen LogP contribution is 2.37. The molecule has 1 N–H and O–H groups in total. The van der Waals surface area contributed by atoms with E-state index in [9.17, 15) is 9.59 Å².